The van der Waals surface area contributed by atoms with E-state index in [2.05, 4.69) is 10.2 Å². The van der Waals surface area contributed by atoms with Crippen LogP contribution in [-0.4, -0.2) is 36.0 Å². The molecule has 1 atom stereocenters. The van der Waals surface area contributed by atoms with Gasteiger partial charge in [0.15, 0.2) is 0 Å². The lowest BCUT2D eigenvalue weighted by Crippen LogP contribution is -2.44. The number of hydrogen-bond donors (Lipinski definition) is 1. The van der Waals surface area contributed by atoms with Crippen molar-refractivity contribution in [1.82, 2.24) is 10.2 Å². The lowest BCUT2D eigenvalue weighted by molar-refractivity contribution is -0.386. The summed E-state index contributed by atoms with van der Waals surface area (Å²) in [6.45, 7) is 5.61. The van der Waals surface area contributed by atoms with Gasteiger partial charge in [-0.25, -0.2) is 0 Å². The van der Waals surface area contributed by atoms with E-state index in [9.17, 15) is 10.1 Å². The Balaban J connectivity index is 2.30. The summed E-state index contributed by atoms with van der Waals surface area (Å²) in [5.74, 6) is 0. The van der Waals surface area contributed by atoms with Crippen molar-refractivity contribution in [2.45, 2.75) is 13.0 Å². The Kier molecular flexibility index (Phi) is 4.16. The first-order chi connectivity index (χ1) is 8.59. The second-order valence-corrected chi connectivity index (χ2v) is 4.86. The molecule has 0 unspecified atom stereocenters. The molecule has 0 amide bonds. The van der Waals surface area contributed by atoms with Gasteiger partial charge in [-0.1, -0.05) is 11.6 Å². The predicted molar refractivity (Wildman–Crippen MR) is 71.0 cm³/mol. The van der Waals surface area contributed by atoms with E-state index in [1.807, 2.05) is 6.92 Å². The SMILES string of the molecule is C[C@H](c1cc(Cl)ccc1[N+](=O)[O-])N1CCNCC1. The summed E-state index contributed by atoms with van der Waals surface area (Å²) in [5.41, 5.74) is 0.833. The number of nitrogens with one attached hydrogen (secondary N) is 1. The van der Waals surface area contributed by atoms with E-state index in [1.54, 1.807) is 12.1 Å². The minimum absolute atomic E-state index is 0.00574. The molecule has 2 rings (SSSR count). The fourth-order valence-corrected chi connectivity index (χ4v) is 2.47. The van der Waals surface area contributed by atoms with Crippen molar-refractivity contribution in [3.8, 4) is 0 Å². The third kappa shape index (κ3) is 2.80. The van der Waals surface area contributed by atoms with Crippen molar-refractivity contribution in [3.05, 3.63) is 38.9 Å². The standard InChI is InChI=1S/C12H16ClN3O2/c1-9(15-6-4-14-5-7-15)11-8-10(13)2-3-12(11)16(17)18/h2-3,8-9,14H,4-7H2,1H3/t9-/m1/s1. The number of halogens is 1. The van der Waals surface area contributed by atoms with Gasteiger partial charge in [-0.15, -0.1) is 0 Å². The van der Waals surface area contributed by atoms with Crippen LogP contribution in [0.25, 0.3) is 0 Å². The van der Waals surface area contributed by atoms with E-state index < -0.39 is 0 Å². The third-order valence-corrected chi connectivity index (χ3v) is 3.57. The number of nitro groups is 1. The topological polar surface area (TPSA) is 58.4 Å². The molecule has 0 radical (unpaired) electrons. The van der Waals surface area contributed by atoms with E-state index in [-0.39, 0.29) is 16.7 Å². The van der Waals surface area contributed by atoms with Crippen LogP contribution in [0, 0.1) is 10.1 Å². The van der Waals surface area contributed by atoms with Gasteiger partial charge in [0.05, 0.1) is 4.92 Å². The fraction of sp³-hybridized carbons (Fsp3) is 0.500. The summed E-state index contributed by atoms with van der Waals surface area (Å²) >= 11 is 5.95. The molecule has 0 saturated carbocycles. The maximum absolute atomic E-state index is 11.1. The van der Waals surface area contributed by atoms with Gasteiger partial charge in [-0.05, 0) is 19.1 Å². The number of piperazine rings is 1. The lowest BCUT2D eigenvalue weighted by atomic mass is 10.0. The molecule has 1 saturated heterocycles. The van der Waals surface area contributed by atoms with Crippen molar-refractivity contribution >= 4 is 17.3 Å². The molecule has 1 fully saturated rings. The molecule has 1 heterocycles. The third-order valence-electron chi connectivity index (χ3n) is 3.34. The highest BCUT2D eigenvalue weighted by Gasteiger charge is 2.25. The van der Waals surface area contributed by atoms with E-state index in [0.29, 0.717) is 10.6 Å². The normalized spacial score (nSPS) is 18.6. The molecule has 1 aliphatic rings. The van der Waals surface area contributed by atoms with Crippen molar-refractivity contribution in [1.29, 1.82) is 0 Å². The van der Waals surface area contributed by atoms with Crippen LogP contribution in [0.4, 0.5) is 5.69 Å². The van der Waals surface area contributed by atoms with Crippen molar-refractivity contribution in [2.75, 3.05) is 26.2 Å². The van der Waals surface area contributed by atoms with E-state index in [4.69, 9.17) is 11.6 Å². The van der Waals surface area contributed by atoms with Crippen LogP contribution >= 0.6 is 11.6 Å². The van der Waals surface area contributed by atoms with Crippen LogP contribution in [0.5, 0.6) is 0 Å². The van der Waals surface area contributed by atoms with Crippen LogP contribution in [0.15, 0.2) is 18.2 Å². The summed E-state index contributed by atoms with van der Waals surface area (Å²) in [4.78, 5) is 12.9. The summed E-state index contributed by atoms with van der Waals surface area (Å²) in [7, 11) is 0. The van der Waals surface area contributed by atoms with Crippen LogP contribution in [0.1, 0.15) is 18.5 Å². The first kappa shape index (κ1) is 13.3. The van der Waals surface area contributed by atoms with E-state index in [1.165, 1.54) is 6.07 Å². The van der Waals surface area contributed by atoms with Gasteiger partial charge in [0.1, 0.15) is 0 Å². The lowest BCUT2D eigenvalue weighted by Gasteiger charge is -2.32. The van der Waals surface area contributed by atoms with Gasteiger partial charge in [0.25, 0.3) is 5.69 Å². The zero-order valence-corrected chi connectivity index (χ0v) is 11.0. The quantitative estimate of drug-likeness (QED) is 0.675. The highest BCUT2D eigenvalue weighted by Crippen LogP contribution is 2.31. The number of rotatable bonds is 3. The van der Waals surface area contributed by atoms with Gasteiger partial charge in [0, 0.05) is 48.9 Å². The predicted octanol–water partition coefficient (Wildman–Crippen LogP) is 2.21. The smallest absolute Gasteiger partial charge is 0.274 e. The zero-order chi connectivity index (χ0) is 13.1. The average Bonchev–Trinajstić information content (AvgIpc) is 2.38. The van der Waals surface area contributed by atoms with Crippen LogP contribution in [0.2, 0.25) is 5.02 Å². The molecule has 98 valence electrons. The highest BCUT2D eigenvalue weighted by atomic mass is 35.5. The van der Waals surface area contributed by atoms with Gasteiger partial charge >= 0.3 is 0 Å². The molecule has 1 aromatic carbocycles. The monoisotopic (exact) mass is 269 g/mol. The van der Waals surface area contributed by atoms with Crippen LogP contribution < -0.4 is 5.32 Å². The van der Waals surface area contributed by atoms with Gasteiger partial charge in [-0.3, -0.25) is 15.0 Å². The Hall–Kier alpha value is -1.17. The molecule has 0 spiro atoms. The fourth-order valence-electron chi connectivity index (χ4n) is 2.29. The van der Waals surface area contributed by atoms with Crippen molar-refractivity contribution in [3.63, 3.8) is 0 Å². The molecule has 0 aromatic heterocycles. The number of hydrogen-bond acceptors (Lipinski definition) is 4. The summed E-state index contributed by atoms with van der Waals surface area (Å²) in [5, 5.41) is 14.9. The first-order valence-electron chi connectivity index (χ1n) is 5.98. The Morgan fingerprint density at radius 3 is 2.72 bits per heavy atom. The summed E-state index contributed by atoms with van der Waals surface area (Å²) < 4.78 is 0. The van der Waals surface area contributed by atoms with Gasteiger partial charge in [-0.2, -0.15) is 0 Å². The minimum atomic E-state index is -0.343. The zero-order valence-electron chi connectivity index (χ0n) is 10.2. The average molecular weight is 270 g/mol. The second kappa shape index (κ2) is 5.65. The molecular formula is C12H16ClN3O2. The first-order valence-corrected chi connectivity index (χ1v) is 6.36. The summed E-state index contributed by atoms with van der Waals surface area (Å²) in [6, 6.07) is 4.75. The van der Waals surface area contributed by atoms with Crippen molar-refractivity contribution < 1.29 is 4.92 Å². The largest absolute Gasteiger partial charge is 0.314 e. The Morgan fingerprint density at radius 2 is 2.11 bits per heavy atom. The summed E-state index contributed by atoms with van der Waals surface area (Å²) in [6.07, 6.45) is 0. The molecule has 6 heteroatoms. The minimum Gasteiger partial charge on any atom is -0.314 e. The second-order valence-electron chi connectivity index (χ2n) is 4.42. The van der Waals surface area contributed by atoms with Crippen LogP contribution in [0.3, 0.4) is 0 Å². The molecule has 5 nitrogen and oxygen atoms in total. The Labute approximate surface area is 111 Å². The molecule has 0 aliphatic carbocycles. The molecule has 0 bridgehead atoms. The maximum Gasteiger partial charge on any atom is 0.274 e. The van der Waals surface area contributed by atoms with Gasteiger partial charge < -0.3 is 5.32 Å². The van der Waals surface area contributed by atoms with E-state index in [0.717, 1.165) is 26.2 Å². The Bertz CT molecular complexity index is 447. The molecule has 1 N–H and O–H groups in total. The van der Waals surface area contributed by atoms with Crippen molar-refractivity contribution in [2.24, 2.45) is 0 Å². The molecule has 1 aromatic rings. The highest BCUT2D eigenvalue weighted by molar-refractivity contribution is 6.30. The Morgan fingerprint density at radius 1 is 1.44 bits per heavy atom. The number of benzene rings is 1. The molecular weight excluding hydrogens is 254 g/mol. The molecule has 1 aliphatic heterocycles. The van der Waals surface area contributed by atoms with E-state index >= 15 is 0 Å². The molecule has 18 heavy (non-hydrogen) atoms. The van der Waals surface area contributed by atoms with Crippen LogP contribution in [-0.2, 0) is 0 Å². The number of nitrogens with zero attached hydrogens (tertiary/aromatic N) is 2. The van der Waals surface area contributed by atoms with Gasteiger partial charge in [0.2, 0.25) is 0 Å². The number of nitro benzene ring substituents is 1. The maximum atomic E-state index is 11.1.